The van der Waals surface area contributed by atoms with E-state index in [-0.39, 0.29) is 21.9 Å². The highest BCUT2D eigenvalue weighted by Crippen LogP contribution is 2.36. The summed E-state index contributed by atoms with van der Waals surface area (Å²) in [6, 6.07) is 4.21. The zero-order valence-electron chi connectivity index (χ0n) is 12.7. The SMILES string of the molecule is COC(=O)CN1C(=O)S/C(=C\c2cccc([N+](=O)[O-])c2OC)C1=O. The summed E-state index contributed by atoms with van der Waals surface area (Å²) < 4.78 is 9.47. The van der Waals surface area contributed by atoms with Crippen molar-refractivity contribution < 1.29 is 28.8 Å². The fraction of sp³-hybridized carbons (Fsp3) is 0.214. The Kier molecular flexibility index (Phi) is 5.19. The summed E-state index contributed by atoms with van der Waals surface area (Å²) in [5.41, 5.74) is 0.00954. The van der Waals surface area contributed by atoms with Gasteiger partial charge in [0.15, 0.2) is 0 Å². The molecule has 0 saturated carbocycles. The third kappa shape index (κ3) is 3.38. The maximum absolute atomic E-state index is 12.2. The first-order valence-electron chi connectivity index (χ1n) is 6.52. The number of benzene rings is 1. The lowest BCUT2D eigenvalue weighted by Crippen LogP contribution is -2.34. The van der Waals surface area contributed by atoms with Gasteiger partial charge in [0.25, 0.3) is 11.1 Å². The van der Waals surface area contributed by atoms with Crippen molar-refractivity contribution in [1.29, 1.82) is 0 Å². The van der Waals surface area contributed by atoms with Crippen LogP contribution in [0.2, 0.25) is 0 Å². The molecule has 2 rings (SSSR count). The Balaban J connectivity index is 2.38. The second-order valence-electron chi connectivity index (χ2n) is 4.50. The number of nitro benzene ring substituents is 1. The molecule has 0 aromatic heterocycles. The summed E-state index contributed by atoms with van der Waals surface area (Å²) in [7, 11) is 2.41. The molecule has 0 unspecified atom stereocenters. The van der Waals surface area contributed by atoms with Crippen molar-refractivity contribution in [3.63, 3.8) is 0 Å². The highest BCUT2D eigenvalue weighted by molar-refractivity contribution is 8.18. The minimum Gasteiger partial charge on any atom is -0.490 e. The van der Waals surface area contributed by atoms with Crippen molar-refractivity contribution in [2.24, 2.45) is 0 Å². The molecule has 0 bridgehead atoms. The number of carbonyl (C=O) groups excluding carboxylic acids is 3. The van der Waals surface area contributed by atoms with Gasteiger partial charge in [-0.1, -0.05) is 12.1 Å². The van der Waals surface area contributed by atoms with Gasteiger partial charge in [-0.05, 0) is 17.8 Å². The van der Waals surface area contributed by atoms with Gasteiger partial charge in [-0.15, -0.1) is 0 Å². The number of nitrogens with zero attached hydrogens (tertiary/aromatic N) is 2. The molecule has 1 heterocycles. The van der Waals surface area contributed by atoms with Gasteiger partial charge >= 0.3 is 11.7 Å². The number of carbonyl (C=O) groups is 3. The van der Waals surface area contributed by atoms with E-state index in [1.165, 1.54) is 31.4 Å². The number of hydrogen-bond acceptors (Lipinski definition) is 8. The molecule has 0 N–H and O–H groups in total. The molecule has 0 aliphatic carbocycles. The molecular weight excluding hydrogens is 340 g/mol. The van der Waals surface area contributed by atoms with Crippen LogP contribution in [-0.4, -0.2) is 47.7 Å². The molecule has 1 aromatic carbocycles. The summed E-state index contributed by atoms with van der Waals surface area (Å²) in [5, 5.41) is 10.4. The van der Waals surface area contributed by atoms with Crippen LogP contribution in [0.25, 0.3) is 6.08 Å². The molecule has 0 spiro atoms. The molecule has 24 heavy (non-hydrogen) atoms. The minimum absolute atomic E-state index is 0.0257. The largest absolute Gasteiger partial charge is 0.490 e. The van der Waals surface area contributed by atoms with Gasteiger partial charge in [-0.2, -0.15) is 0 Å². The predicted octanol–water partition coefficient (Wildman–Crippen LogP) is 1.81. The van der Waals surface area contributed by atoms with Crippen molar-refractivity contribution in [3.8, 4) is 5.75 Å². The Morgan fingerprint density at radius 2 is 2.08 bits per heavy atom. The van der Waals surface area contributed by atoms with Crippen LogP contribution in [0, 0.1) is 10.1 Å². The van der Waals surface area contributed by atoms with Gasteiger partial charge in [-0.3, -0.25) is 29.4 Å². The van der Waals surface area contributed by atoms with E-state index in [0.29, 0.717) is 11.8 Å². The Bertz CT molecular complexity index is 759. The third-order valence-electron chi connectivity index (χ3n) is 3.10. The Morgan fingerprint density at radius 1 is 1.38 bits per heavy atom. The summed E-state index contributed by atoms with van der Waals surface area (Å²) in [6.07, 6.45) is 1.31. The zero-order chi connectivity index (χ0) is 17.9. The summed E-state index contributed by atoms with van der Waals surface area (Å²) >= 11 is 0.628. The van der Waals surface area contributed by atoms with Crippen LogP contribution >= 0.6 is 11.8 Å². The van der Waals surface area contributed by atoms with Gasteiger partial charge < -0.3 is 9.47 Å². The molecule has 1 saturated heterocycles. The lowest BCUT2D eigenvalue weighted by Gasteiger charge is -2.10. The number of nitro groups is 1. The van der Waals surface area contributed by atoms with Crippen LogP contribution in [0.3, 0.4) is 0 Å². The highest BCUT2D eigenvalue weighted by atomic mass is 32.2. The smallest absolute Gasteiger partial charge is 0.325 e. The first-order chi connectivity index (χ1) is 11.4. The van der Waals surface area contributed by atoms with Gasteiger partial charge in [0.05, 0.1) is 24.0 Å². The van der Waals surface area contributed by atoms with Crippen LogP contribution in [0.4, 0.5) is 10.5 Å². The van der Waals surface area contributed by atoms with Crippen LogP contribution in [0.15, 0.2) is 23.1 Å². The van der Waals surface area contributed by atoms with Crippen molar-refractivity contribution in [1.82, 2.24) is 4.90 Å². The molecule has 126 valence electrons. The van der Waals surface area contributed by atoms with Crippen LogP contribution in [-0.2, 0) is 14.3 Å². The number of hydrogen-bond donors (Lipinski definition) is 0. The second-order valence-corrected chi connectivity index (χ2v) is 5.49. The number of methoxy groups -OCH3 is 2. The molecule has 10 heteroatoms. The molecule has 9 nitrogen and oxygen atoms in total. The normalized spacial score (nSPS) is 15.8. The van der Waals surface area contributed by atoms with E-state index < -0.39 is 28.6 Å². The van der Waals surface area contributed by atoms with Crippen LogP contribution in [0.1, 0.15) is 5.56 Å². The van der Waals surface area contributed by atoms with Gasteiger partial charge in [0.2, 0.25) is 5.75 Å². The quantitative estimate of drug-likeness (QED) is 0.341. The standard InChI is InChI=1S/C14H12N2O7S/c1-22-11(17)7-15-13(18)10(24-14(15)19)6-8-4-3-5-9(16(20)21)12(8)23-2/h3-6H,7H2,1-2H3/b10-6-. The molecule has 1 aliphatic rings. The summed E-state index contributed by atoms with van der Waals surface area (Å²) in [6.45, 7) is -0.495. The lowest BCUT2D eigenvalue weighted by atomic mass is 10.1. The monoisotopic (exact) mass is 352 g/mol. The van der Waals surface area contributed by atoms with Crippen molar-refractivity contribution >= 4 is 40.6 Å². The van der Waals surface area contributed by atoms with Crippen molar-refractivity contribution in [2.45, 2.75) is 0 Å². The maximum Gasteiger partial charge on any atom is 0.325 e. The Hall–Kier alpha value is -2.88. The molecule has 0 atom stereocenters. The fourth-order valence-electron chi connectivity index (χ4n) is 1.99. The van der Waals surface area contributed by atoms with Gasteiger partial charge in [0, 0.05) is 11.6 Å². The first-order valence-corrected chi connectivity index (χ1v) is 7.34. The zero-order valence-corrected chi connectivity index (χ0v) is 13.5. The molecular formula is C14H12N2O7S. The highest BCUT2D eigenvalue weighted by Gasteiger charge is 2.37. The van der Waals surface area contributed by atoms with Gasteiger partial charge in [0.1, 0.15) is 6.54 Å². The van der Waals surface area contributed by atoms with E-state index in [2.05, 4.69) is 4.74 Å². The van der Waals surface area contributed by atoms with Gasteiger partial charge in [-0.25, -0.2) is 0 Å². The molecule has 1 aliphatic heterocycles. The maximum atomic E-state index is 12.2. The van der Waals surface area contributed by atoms with Crippen LogP contribution < -0.4 is 4.74 Å². The molecule has 2 amide bonds. The van der Waals surface area contributed by atoms with E-state index >= 15 is 0 Å². The lowest BCUT2D eigenvalue weighted by molar-refractivity contribution is -0.385. The number of esters is 1. The third-order valence-corrected chi connectivity index (χ3v) is 4.01. The minimum atomic E-state index is -0.730. The average molecular weight is 352 g/mol. The molecule has 1 fully saturated rings. The van der Waals surface area contributed by atoms with Crippen molar-refractivity contribution in [3.05, 3.63) is 38.8 Å². The number of rotatable bonds is 5. The van der Waals surface area contributed by atoms with E-state index in [9.17, 15) is 24.5 Å². The fourth-order valence-corrected chi connectivity index (χ4v) is 2.82. The van der Waals surface area contributed by atoms with E-state index in [1.54, 1.807) is 0 Å². The topological polar surface area (TPSA) is 116 Å². The van der Waals surface area contributed by atoms with E-state index in [0.717, 1.165) is 12.0 Å². The number of ether oxygens (including phenoxy) is 2. The number of imide groups is 1. The first kappa shape index (κ1) is 17.5. The Morgan fingerprint density at radius 3 is 2.67 bits per heavy atom. The average Bonchev–Trinajstić information content (AvgIpc) is 2.81. The van der Waals surface area contributed by atoms with E-state index in [1.807, 2.05) is 0 Å². The number of para-hydroxylation sites is 1. The van der Waals surface area contributed by atoms with E-state index in [4.69, 9.17) is 4.74 Å². The van der Waals surface area contributed by atoms with Crippen LogP contribution in [0.5, 0.6) is 5.75 Å². The Labute approximate surface area is 140 Å². The van der Waals surface area contributed by atoms with Crippen molar-refractivity contribution in [2.75, 3.05) is 20.8 Å². The molecule has 0 radical (unpaired) electrons. The number of thioether (sulfide) groups is 1. The summed E-state index contributed by atoms with van der Waals surface area (Å²) in [4.78, 5) is 46.5. The second kappa shape index (κ2) is 7.13. The molecule has 1 aromatic rings. The number of amides is 2. The predicted molar refractivity (Wildman–Crippen MR) is 84.3 cm³/mol. The summed E-state index contributed by atoms with van der Waals surface area (Å²) in [5.74, 6) is -1.43.